The summed E-state index contributed by atoms with van der Waals surface area (Å²) in [6.45, 7) is 2.40. The first kappa shape index (κ1) is 20.5. The Balaban J connectivity index is 1.57. The number of benzene rings is 1. The Morgan fingerprint density at radius 2 is 2.03 bits per heavy atom. The molecule has 3 N–H and O–H groups in total. The molecule has 0 unspecified atom stereocenters. The zero-order chi connectivity index (χ0) is 21.3. The van der Waals surface area contributed by atoms with Crippen LogP contribution in [0.25, 0.3) is 10.9 Å². The second kappa shape index (κ2) is 8.55. The average Bonchev–Trinajstić information content (AvgIpc) is 3.12. The van der Waals surface area contributed by atoms with E-state index < -0.39 is 18.5 Å². The fourth-order valence-corrected chi connectivity index (χ4v) is 4.31. The zero-order valence-electron chi connectivity index (χ0n) is 16.8. The van der Waals surface area contributed by atoms with Gasteiger partial charge in [-0.2, -0.15) is 13.9 Å². The van der Waals surface area contributed by atoms with Gasteiger partial charge in [0, 0.05) is 30.2 Å². The van der Waals surface area contributed by atoms with Crippen LogP contribution in [0.3, 0.4) is 0 Å². The molecule has 3 aliphatic heterocycles. The molecule has 5 rings (SSSR count). The van der Waals surface area contributed by atoms with Crippen molar-refractivity contribution in [2.24, 2.45) is 5.92 Å². The summed E-state index contributed by atoms with van der Waals surface area (Å²) in [5, 5.41) is 12.5. The number of rotatable bonds is 6. The van der Waals surface area contributed by atoms with E-state index in [1.165, 1.54) is 6.07 Å². The van der Waals surface area contributed by atoms with Gasteiger partial charge in [-0.25, -0.2) is 9.48 Å². The molecule has 0 aliphatic carbocycles. The van der Waals surface area contributed by atoms with Crippen molar-refractivity contribution < 1.29 is 18.4 Å². The largest absolute Gasteiger partial charge is 0.346 e. The second-order valence-corrected chi connectivity index (χ2v) is 7.90. The summed E-state index contributed by atoms with van der Waals surface area (Å²) in [6, 6.07) is 4.12. The maximum absolute atomic E-state index is 13.6. The molecule has 2 aromatic rings. The molecule has 0 saturated carbocycles. The van der Waals surface area contributed by atoms with Gasteiger partial charge < -0.3 is 20.9 Å². The van der Waals surface area contributed by atoms with E-state index in [0.29, 0.717) is 28.2 Å². The number of urea groups is 1. The van der Waals surface area contributed by atoms with Crippen molar-refractivity contribution in [3.63, 3.8) is 0 Å². The van der Waals surface area contributed by atoms with Gasteiger partial charge in [0.2, 0.25) is 0 Å². The normalized spacial score (nSPS) is 23.0. The van der Waals surface area contributed by atoms with Gasteiger partial charge in [-0.3, -0.25) is 4.79 Å². The summed E-state index contributed by atoms with van der Waals surface area (Å²) >= 11 is 0. The Bertz CT molecular complexity index is 939. The first-order valence-corrected chi connectivity index (χ1v) is 10.3. The SMILES string of the molecule is CCCNC(=O)Nc1ccc2c(C(=O)N[C@@H]3CN4CCC3CC4)nn(C(F)F)c2c1. The number of carbonyl (C=O) groups excluding carboxylic acids is 2. The summed E-state index contributed by atoms with van der Waals surface area (Å²) < 4.78 is 27.7. The lowest BCUT2D eigenvalue weighted by Gasteiger charge is -2.44. The minimum absolute atomic E-state index is 0.00921. The molecule has 3 amide bonds. The van der Waals surface area contributed by atoms with Gasteiger partial charge in [0.1, 0.15) is 0 Å². The summed E-state index contributed by atoms with van der Waals surface area (Å²) in [6.07, 6.45) is 2.85. The van der Waals surface area contributed by atoms with Crippen LogP contribution >= 0.6 is 0 Å². The van der Waals surface area contributed by atoms with Crippen LogP contribution < -0.4 is 16.0 Å². The molecule has 0 radical (unpaired) electrons. The Labute approximate surface area is 173 Å². The summed E-state index contributed by atoms with van der Waals surface area (Å²) in [5.41, 5.74) is 0.420. The van der Waals surface area contributed by atoms with Crippen molar-refractivity contribution in [1.29, 1.82) is 0 Å². The molecule has 2 bridgehead atoms. The number of nitrogens with zero attached hydrogens (tertiary/aromatic N) is 3. The molecule has 3 fully saturated rings. The van der Waals surface area contributed by atoms with Gasteiger partial charge in [-0.15, -0.1) is 0 Å². The van der Waals surface area contributed by atoms with E-state index in [1.54, 1.807) is 12.1 Å². The number of anilines is 1. The van der Waals surface area contributed by atoms with Crippen molar-refractivity contribution in [1.82, 2.24) is 25.3 Å². The summed E-state index contributed by atoms with van der Waals surface area (Å²) in [7, 11) is 0. The van der Waals surface area contributed by atoms with Crippen molar-refractivity contribution in [2.75, 3.05) is 31.5 Å². The third kappa shape index (κ3) is 4.09. The molecule has 4 heterocycles. The molecular weight excluding hydrogens is 394 g/mol. The number of hydrogen-bond acceptors (Lipinski definition) is 4. The molecule has 3 saturated heterocycles. The molecule has 8 nitrogen and oxygen atoms in total. The smallest absolute Gasteiger partial charge is 0.333 e. The van der Waals surface area contributed by atoms with Crippen molar-refractivity contribution in [2.45, 2.75) is 38.8 Å². The van der Waals surface area contributed by atoms with Crippen molar-refractivity contribution >= 4 is 28.5 Å². The molecule has 1 aromatic carbocycles. The molecule has 1 atom stereocenters. The van der Waals surface area contributed by atoms with Crippen molar-refractivity contribution in [3.05, 3.63) is 23.9 Å². The van der Waals surface area contributed by atoms with E-state index >= 15 is 0 Å². The Morgan fingerprint density at radius 1 is 1.27 bits per heavy atom. The van der Waals surface area contributed by atoms with Crippen LogP contribution in [0.5, 0.6) is 0 Å². The molecule has 1 aromatic heterocycles. The number of hydrogen-bond donors (Lipinski definition) is 3. The molecule has 30 heavy (non-hydrogen) atoms. The Kier molecular flexibility index (Phi) is 5.85. The number of carbonyl (C=O) groups is 2. The van der Waals surface area contributed by atoms with Gasteiger partial charge >= 0.3 is 12.6 Å². The highest BCUT2D eigenvalue weighted by Crippen LogP contribution is 2.29. The number of amides is 3. The van der Waals surface area contributed by atoms with E-state index in [4.69, 9.17) is 0 Å². The first-order chi connectivity index (χ1) is 14.5. The summed E-state index contributed by atoms with van der Waals surface area (Å²) in [5.74, 6) is -0.0283. The maximum Gasteiger partial charge on any atom is 0.333 e. The number of alkyl halides is 2. The average molecular weight is 420 g/mol. The van der Waals surface area contributed by atoms with Crippen LogP contribution in [-0.2, 0) is 0 Å². The molecular formula is C20H26F2N6O2. The standard InChI is InChI=1S/C20H26F2N6O2/c1-2-7-23-20(30)24-13-3-4-14-16(10-13)28(19(21)22)26-17(14)18(29)25-15-11-27-8-5-12(15)6-9-27/h3-4,10,12,15,19H,2,5-9,11H2,1H3,(H,25,29)(H2,23,24,30)/t15-/m1/s1. The van der Waals surface area contributed by atoms with Crippen LogP contribution in [0.15, 0.2) is 18.2 Å². The second-order valence-electron chi connectivity index (χ2n) is 7.90. The molecule has 0 spiro atoms. The van der Waals surface area contributed by atoms with Crippen LogP contribution in [0, 0.1) is 5.92 Å². The predicted octanol–water partition coefficient (Wildman–Crippen LogP) is 2.79. The number of piperidine rings is 3. The van der Waals surface area contributed by atoms with Gasteiger partial charge in [0.25, 0.3) is 5.91 Å². The maximum atomic E-state index is 13.6. The topological polar surface area (TPSA) is 91.3 Å². The Morgan fingerprint density at radius 3 is 2.67 bits per heavy atom. The van der Waals surface area contributed by atoms with Gasteiger partial charge in [-0.1, -0.05) is 6.92 Å². The van der Waals surface area contributed by atoms with E-state index in [1.807, 2.05) is 6.92 Å². The molecule has 3 aliphatic rings. The molecule has 10 heteroatoms. The highest BCUT2D eigenvalue weighted by molar-refractivity contribution is 6.06. The lowest BCUT2D eigenvalue weighted by Crippen LogP contribution is -2.57. The lowest BCUT2D eigenvalue weighted by molar-refractivity contribution is 0.0578. The van der Waals surface area contributed by atoms with E-state index in [9.17, 15) is 18.4 Å². The van der Waals surface area contributed by atoms with E-state index in [0.717, 1.165) is 38.9 Å². The number of halogens is 2. The van der Waals surface area contributed by atoms with Crippen LogP contribution in [0.2, 0.25) is 0 Å². The fraction of sp³-hybridized carbons (Fsp3) is 0.550. The number of nitrogens with one attached hydrogen (secondary N) is 3. The van der Waals surface area contributed by atoms with Crippen LogP contribution in [0.4, 0.5) is 19.3 Å². The van der Waals surface area contributed by atoms with Crippen LogP contribution in [0.1, 0.15) is 43.2 Å². The van der Waals surface area contributed by atoms with Gasteiger partial charge in [0.05, 0.1) is 5.52 Å². The van der Waals surface area contributed by atoms with E-state index in [2.05, 4.69) is 25.9 Å². The summed E-state index contributed by atoms with van der Waals surface area (Å²) in [4.78, 5) is 27.1. The Hall–Kier alpha value is -2.75. The quantitative estimate of drug-likeness (QED) is 0.670. The van der Waals surface area contributed by atoms with Crippen molar-refractivity contribution in [3.8, 4) is 0 Å². The number of aromatic nitrogens is 2. The zero-order valence-corrected chi connectivity index (χ0v) is 16.8. The number of fused-ring (bicyclic) bond motifs is 4. The monoisotopic (exact) mass is 420 g/mol. The minimum Gasteiger partial charge on any atom is -0.346 e. The first-order valence-electron chi connectivity index (χ1n) is 10.3. The highest BCUT2D eigenvalue weighted by Gasteiger charge is 2.35. The van der Waals surface area contributed by atoms with E-state index in [-0.39, 0.29) is 17.3 Å². The lowest BCUT2D eigenvalue weighted by atomic mass is 9.84. The fourth-order valence-electron chi connectivity index (χ4n) is 4.31. The third-order valence-electron chi connectivity index (χ3n) is 5.87. The predicted molar refractivity (Wildman–Crippen MR) is 109 cm³/mol. The van der Waals surface area contributed by atoms with Gasteiger partial charge in [-0.05, 0) is 56.5 Å². The third-order valence-corrected chi connectivity index (χ3v) is 5.87. The van der Waals surface area contributed by atoms with Crippen LogP contribution in [-0.4, -0.2) is 58.8 Å². The minimum atomic E-state index is -2.91. The van der Waals surface area contributed by atoms with Gasteiger partial charge in [0.15, 0.2) is 5.69 Å². The highest BCUT2D eigenvalue weighted by atomic mass is 19.3. The molecule has 162 valence electrons.